The lowest BCUT2D eigenvalue weighted by Gasteiger charge is -2.34. The third kappa shape index (κ3) is 5.13. The fraction of sp³-hybridized carbons (Fsp3) is 0.278. The number of nitrogens with zero attached hydrogens (tertiary/aromatic N) is 2. The second-order valence-electron chi connectivity index (χ2n) is 5.69. The maximum Gasteiger partial charge on any atom is 0.321 e. The van der Waals surface area contributed by atoms with Crippen LogP contribution in [-0.2, 0) is 6.54 Å². The first-order valence-electron chi connectivity index (χ1n) is 7.78. The molecular weight excluding hydrogens is 345 g/mol. The van der Waals surface area contributed by atoms with Gasteiger partial charge in [-0.2, -0.15) is 0 Å². The van der Waals surface area contributed by atoms with Crippen molar-refractivity contribution < 1.29 is 4.79 Å². The maximum absolute atomic E-state index is 12.3. The van der Waals surface area contributed by atoms with Crippen LogP contribution in [0.1, 0.15) is 5.56 Å². The summed E-state index contributed by atoms with van der Waals surface area (Å²) in [6.07, 6.45) is 0. The van der Waals surface area contributed by atoms with Gasteiger partial charge in [0.15, 0.2) is 0 Å². The van der Waals surface area contributed by atoms with Gasteiger partial charge in [0, 0.05) is 43.4 Å². The molecule has 1 fully saturated rings. The number of urea groups is 1. The minimum Gasteiger partial charge on any atom is -0.322 e. The van der Waals surface area contributed by atoms with Crippen LogP contribution in [-0.4, -0.2) is 42.0 Å². The first-order chi connectivity index (χ1) is 11.2. The van der Waals surface area contributed by atoms with Crippen LogP contribution in [0.2, 0.25) is 5.02 Å². The molecule has 128 valence electrons. The normalized spacial score (nSPS) is 14.8. The van der Waals surface area contributed by atoms with E-state index in [-0.39, 0.29) is 18.4 Å². The van der Waals surface area contributed by atoms with E-state index >= 15 is 0 Å². The molecule has 1 saturated heterocycles. The van der Waals surface area contributed by atoms with Crippen LogP contribution in [0.15, 0.2) is 54.6 Å². The van der Waals surface area contributed by atoms with Crippen molar-refractivity contribution in [1.29, 1.82) is 0 Å². The average molecular weight is 366 g/mol. The van der Waals surface area contributed by atoms with E-state index in [1.165, 1.54) is 5.56 Å². The molecule has 3 rings (SSSR count). The van der Waals surface area contributed by atoms with Gasteiger partial charge in [0.1, 0.15) is 0 Å². The Labute approximate surface area is 153 Å². The number of piperazine rings is 1. The quantitative estimate of drug-likeness (QED) is 0.887. The Hall–Kier alpha value is -1.75. The van der Waals surface area contributed by atoms with Gasteiger partial charge in [0.2, 0.25) is 0 Å². The Kier molecular flexibility index (Phi) is 6.91. The van der Waals surface area contributed by atoms with E-state index in [2.05, 4.69) is 34.5 Å². The molecule has 1 aliphatic rings. The van der Waals surface area contributed by atoms with E-state index in [9.17, 15) is 4.79 Å². The number of amides is 2. The van der Waals surface area contributed by atoms with Gasteiger partial charge in [0.25, 0.3) is 0 Å². The molecule has 1 heterocycles. The predicted octanol–water partition coefficient (Wildman–Crippen LogP) is 4.11. The molecule has 1 N–H and O–H groups in total. The minimum absolute atomic E-state index is 0. The highest BCUT2D eigenvalue weighted by molar-refractivity contribution is 6.30. The van der Waals surface area contributed by atoms with E-state index in [0.717, 1.165) is 38.4 Å². The fourth-order valence-corrected chi connectivity index (χ4v) is 2.91. The van der Waals surface area contributed by atoms with Crippen molar-refractivity contribution >= 4 is 35.7 Å². The van der Waals surface area contributed by atoms with E-state index in [1.807, 2.05) is 23.1 Å². The SMILES string of the molecule is Cl.O=C(Nc1cccc(Cl)c1)N1CCN(Cc2ccccc2)CC1. The first kappa shape index (κ1) is 18.6. The van der Waals surface area contributed by atoms with Crippen molar-refractivity contribution in [3.05, 3.63) is 65.2 Å². The highest BCUT2D eigenvalue weighted by Crippen LogP contribution is 2.16. The molecule has 6 heteroatoms. The number of hydrogen-bond acceptors (Lipinski definition) is 2. The van der Waals surface area contributed by atoms with Gasteiger partial charge in [-0.25, -0.2) is 4.79 Å². The van der Waals surface area contributed by atoms with Crippen LogP contribution in [0.5, 0.6) is 0 Å². The van der Waals surface area contributed by atoms with Gasteiger partial charge in [-0.05, 0) is 23.8 Å². The van der Waals surface area contributed by atoms with Gasteiger partial charge >= 0.3 is 6.03 Å². The molecule has 24 heavy (non-hydrogen) atoms. The van der Waals surface area contributed by atoms with E-state index in [1.54, 1.807) is 12.1 Å². The fourth-order valence-electron chi connectivity index (χ4n) is 2.72. The minimum atomic E-state index is -0.0633. The van der Waals surface area contributed by atoms with Gasteiger partial charge in [-0.3, -0.25) is 4.90 Å². The smallest absolute Gasteiger partial charge is 0.321 e. The van der Waals surface area contributed by atoms with Crippen LogP contribution in [0.3, 0.4) is 0 Å². The largest absolute Gasteiger partial charge is 0.322 e. The highest BCUT2D eigenvalue weighted by atomic mass is 35.5. The number of nitrogens with one attached hydrogen (secondary N) is 1. The van der Waals surface area contributed by atoms with Crippen LogP contribution < -0.4 is 5.32 Å². The Morgan fingerprint density at radius 2 is 1.71 bits per heavy atom. The van der Waals surface area contributed by atoms with Gasteiger partial charge in [0.05, 0.1) is 0 Å². The first-order valence-corrected chi connectivity index (χ1v) is 8.16. The zero-order chi connectivity index (χ0) is 16.1. The number of hydrogen-bond donors (Lipinski definition) is 1. The molecule has 2 amide bonds. The highest BCUT2D eigenvalue weighted by Gasteiger charge is 2.21. The molecule has 2 aromatic carbocycles. The summed E-state index contributed by atoms with van der Waals surface area (Å²) in [4.78, 5) is 16.5. The summed E-state index contributed by atoms with van der Waals surface area (Å²) < 4.78 is 0. The molecule has 0 unspecified atom stereocenters. The van der Waals surface area contributed by atoms with Crippen molar-refractivity contribution in [1.82, 2.24) is 9.80 Å². The second kappa shape index (κ2) is 8.92. The van der Waals surface area contributed by atoms with Crippen LogP contribution in [0.25, 0.3) is 0 Å². The van der Waals surface area contributed by atoms with Crippen molar-refractivity contribution in [2.45, 2.75) is 6.54 Å². The summed E-state index contributed by atoms with van der Waals surface area (Å²) in [5.41, 5.74) is 2.04. The number of rotatable bonds is 3. The standard InChI is InChI=1S/C18H20ClN3O.ClH/c19-16-7-4-8-17(13-16)20-18(23)22-11-9-21(10-12-22)14-15-5-2-1-3-6-15;/h1-8,13H,9-12,14H2,(H,20,23);1H. The van der Waals surface area contributed by atoms with Gasteiger partial charge < -0.3 is 10.2 Å². The summed E-state index contributed by atoms with van der Waals surface area (Å²) in [6.45, 7) is 4.18. The molecule has 0 atom stereocenters. The van der Waals surface area contributed by atoms with Gasteiger partial charge in [-0.15, -0.1) is 12.4 Å². The second-order valence-corrected chi connectivity index (χ2v) is 6.13. The van der Waals surface area contributed by atoms with Crippen LogP contribution >= 0.6 is 24.0 Å². The number of halogens is 2. The number of anilines is 1. The summed E-state index contributed by atoms with van der Waals surface area (Å²) in [5, 5.41) is 3.52. The van der Waals surface area contributed by atoms with Crippen molar-refractivity contribution in [3.8, 4) is 0 Å². The molecular formula is C18H21Cl2N3O. The third-order valence-electron chi connectivity index (χ3n) is 3.98. The monoisotopic (exact) mass is 365 g/mol. The number of carbonyl (C=O) groups is 1. The average Bonchev–Trinajstić information content (AvgIpc) is 2.56. The molecule has 0 saturated carbocycles. The summed E-state index contributed by atoms with van der Waals surface area (Å²) in [6, 6.07) is 17.6. The molecule has 0 radical (unpaired) electrons. The molecule has 0 aliphatic carbocycles. The Morgan fingerprint density at radius 3 is 2.38 bits per heavy atom. The van der Waals surface area contributed by atoms with Crippen molar-refractivity contribution in [3.63, 3.8) is 0 Å². The lowest BCUT2D eigenvalue weighted by atomic mass is 10.2. The summed E-state index contributed by atoms with van der Waals surface area (Å²) >= 11 is 5.94. The van der Waals surface area contributed by atoms with E-state index in [4.69, 9.17) is 11.6 Å². The lowest BCUT2D eigenvalue weighted by molar-refractivity contribution is 0.143. The van der Waals surface area contributed by atoms with Crippen LogP contribution in [0.4, 0.5) is 10.5 Å². The van der Waals surface area contributed by atoms with Crippen molar-refractivity contribution in [2.75, 3.05) is 31.5 Å². The predicted molar refractivity (Wildman–Crippen MR) is 101 cm³/mol. The lowest BCUT2D eigenvalue weighted by Crippen LogP contribution is -2.49. The zero-order valence-corrected chi connectivity index (χ0v) is 14.9. The Bertz CT molecular complexity index is 658. The van der Waals surface area contributed by atoms with Crippen molar-refractivity contribution in [2.24, 2.45) is 0 Å². The molecule has 4 nitrogen and oxygen atoms in total. The third-order valence-corrected chi connectivity index (χ3v) is 4.22. The molecule has 1 aliphatic heterocycles. The number of benzene rings is 2. The van der Waals surface area contributed by atoms with E-state index < -0.39 is 0 Å². The topological polar surface area (TPSA) is 35.6 Å². The summed E-state index contributed by atoms with van der Waals surface area (Å²) in [5.74, 6) is 0. The maximum atomic E-state index is 12.3. The molecule has 0 aromatic heterocycles. The van der Waals surface area contributed by atoms with E-state index in [0.29, 0.717) is 5.02 Å². The summed E-state index contributed by atoms with van der Waals surface area (Å²) in [7, 11) is 0. The Balaban J connectivity index is 0.00000208. The molecule has 0 bridgehead atoms. The zero-order valence-electron chi connectivity index (χ0n) is 13.3. The molecule has 0 spiro atoms. The van der Waals surface area contributed by atoms with Crippen LogP contribution in [0, 0.1) is 0 Å². The molecule has 2 aromatic rings. The Morgan fingerprint density at radius 1 is 1.00 bits per heavy atom. The van der Waals surface area contributed by atoms with Gasteiger partial charge in [-0.1, -0.05) is 48.0 Å². The number of carbonyl (C=O) groups excluding carboxylic acids is 1.